The van der Waals surface area contributed by atoms with Crippen molar-refractivity contribution >= 4 is 22.6 Å². The van der Waals surface area contributed by atoms with Crippen molar-refractivity contribution in [1.29, 1.82) is 0 Å². The summed E-state index contributed by atoms with van der Waals surface area (Å²) in [5.41, 5.74) is 3.61. The number of benzene rings is 1. The van der Waals surface area contributed by atoms with Gasteiger partial charge in [0.2, 0.25) is 0 Å². The number of hydrogen-bond acceptors (Lipinski definition) is 1. The maximum absolute atomic E-state index is 6.44. The van der Waals surface area contributed by atoms with Gasteiger partial charge in [0.1, 0.15) is 5.82 Å². The molecule has 0 N–H and O–H groups in total. The first kappa shape index (κ1) is 14.9. The highest BCUT2D eigenvalue weighted by atomic mass is 35.5. The SMILES string of the molecule is Cc1cccc2c1nc(C(C)Cl)n2C1CCC(C)CC1C. The number of nitrogens with zero attached hydrogens (tertiary/aromatic N) is 2. The van der Waals surface area contributed by atoms with Crippen molar-refractivity contribution in [2.45, 2.75) is 58.4 Å². The molecule has 1 heterocycles. The summed E-state index contributed by atoms with van der Waals surface area (Å²) in [6, 6.07) is 7.00. The van der Waals surface area contributed by atoms with Gasteiger partial charge in [0, 0.05) is 6.04 Å². The number of fused-ring (bicyclic) bond motifs is 1. The fraction of sp³-hybridized carbons (Fsp3) is 0.611. The summed E-state index contributed by atoms with van der Waals surface area (Å²) in [6.07, 6.45) is 3.83. The molecule has 114 valence electrons. The van der Waals surface area contributed by atoms with Crippen LogP contribution < -0.4 is 0 Å². The van der Waals surface area contributed by atoms with Crippen LogP contribution in [0.15, 0.2) is 18.2 Å². The third-order valence-corrected chi connectivity index (χ3v) is 5.22. The van der Waals surface area contributed by atoms with Crippen molar-refractivity contribution in [3.05, 3.63) is 29.6 Å². The number of alkyl halides is 1. The Morgan fingerprint density at radius 2 is 2.05 bits per heavy atom. The predicted octanol–water partition coefficient (Wildman–Crippen LogP) is 5.64. The van der Waals surface area contributed by atoms with E-state index in [4.69, 9.17) is 16.6 Å². The van der Waals surface area contributed by atoms with Gasteiger partial charge in [-0.2, -0.15) is 0 Å². The Kier molecular flexibility index (Phi) is 4.00. The summed E-state index contributed by atoms with van der Waals surface area (Å²) in [5, 5.41) is -0.0525. The Morgan fingerprint density at radius 3 is 2.71 bits per heavy atom. The molecule has 1 aromatic carbocycles. The second-order valence-electron chi connectivity index (χ2n) is 6.86. The van der Waals surface area contributed by atoms with E-state index in [0.29, 0.717) is 12.0 Å². The van der Waals surface area contributed by atoms with E-state index in [1.165, 1.54) is 30.3 Å². The van der Waals surface area contributed by atoms with E-state index in [1.807, 2.05) is 6.92 Å². The Morgan fingerprint density at radius 1 is 1.29 bits per heavy atom. The molecule has 4 unspecified atom stereocenters. The monoisotopic (exact) mass is 304 g/mol. The number of aryl methyl sites for hydroxylation is 1. The number of para-hydroxylation sites is 1. The van der Waals surface area contributed by atoms with Crippen LogP contribution in [0, 0.1) is 18.8 Å². The van der Waals surface area contributed by atoms with Crippen LogP contribution in [0.3, 0.4) is 0 Å². The average Bonchev–Trinajstić information content (AvgIpc) is 2.80. The molecule has 0 spiro atoms. The molecule has 0 amide bonds. The number of hydrogen-bond donors (Lipinski definition) is 0. The Labute approximate surface area is 132 Å². The van der Waals surface area contributed by atoms with Crippen LogP contribution in [-0.2, 0) is 0 Å². The zero-order valence-electron chi connectivity index (χ0n) is 13.4. The standard InChI is InChI=1S/C18H25ClN2/c1-11-8-9-15(13(3)10-11)21-16-7-5-6-12(2)17(16)20-18(21)14(4)19/h5-7,11,13-15H,8-10H2,1-4H3. The molecule has 3 heteroatoms. The minimum atomic E-state index is -0.0525. The lowest BCUT2D eigenvalue weighted by molar-refractivity contribution is 0.208. The van der Waals surface area contributed by atoms with Gasteiger partial charge in [-0.3, -0.25) is 0 Å². The minimum Gasteiger partial charge on any atom is -0.323 e. The first-order valence-electron chi connectivity index (χ1n) is 8.10. The Bertz CT molecular complexity index is 644. The highest BCUT2D eigenvalue weighted by Gasteiger charge is 2.30. The van der Waals surface area contributed by atoms with Gasteiger partial charge in [-0.1, -0.05) is 26.0 Å². The molecule has 2 aromatic rings. The first-order valence-corrected chi connectivity index (χ1v) is 8.54. The molecule has 21 heavy (non-hydrogen) atoms. The molecular weight excluding hydrogens is 280 g/mol. The molecule has 3 rings (SSSR count). The van der Waals surface area contributed by atoms with Gasteiger partial charge < -0.3 is 4.57 Å². The molecule has 1 aliphatic carbocycles. The predicted molar refractivity (Wildman–Crippen MR) is 90.0 cm³/mol. The molecule has 1 fully saturated rings. The quantitative estimate of drug-likeness (QED) is 0.656. The summed E-state index contributed by atoms with van der Waals surface area (Å²) < 4.78 is 2.44. The molecule has 4 atom stereocenters. The van der Waals surface area contributed by atoms with Crippen LogP contribution in [-0.4, -0.2) is 9.55 Å². The maximum Gasteiger partial charge on any atom is 0.127 e. The molecular formula is C18H25ClN2. The second kappa shape index (κ2) is 5.64. The van der Waals surface area contributed by atoms with Crippen molar-refractivity contribution in [2.24, 2.45) is 11.8 Å². The van der Waals surface area contributed by atoms with E-state index in [1.54, 1.807) is 0 Å². The normalized spacial score (nSPS) is 28.0. The molecule has 1 saturated carbocycles. The van der Waals surface area contributed by atoms with Crippen molar-refractivity contribution in [1.82, 2.24) is 9.55 Å². The van der Waals surface area contributed by atoms with Crippen molar-refractivity contribution < 1.29 is 0 Å². The zero-order chi connectivity index (χ0) is 15.1. The van der Waals surface area contributed by atoms with Gasteiger partial charge in [0.15, 0.2) is 0 Å². The van der Waals surface area contributed by atoms with E-state index in [2.05, 4.69) is 43.5 Å². The lowest BCUT2D eigenvalue weighted by atomic mass is 9.79. The van der Waals surface area contributed by atoms with Crippen molar-refractivity contribution in [3.8, 4) is 0 Å². The first-order chi connectivity index (χ1) is 9.99. The van der Waals surface area contributed by atoms with Gasteiger partial charge in [0.25, 0.3) is 0 Å². The highest BCUT2D eigenvalue weighted by molar-refractivity contribution is 6.20. The lowest BCUT2D eigenvalue weighted by Gasteiger charge is -2.35. The molecule has 0 saturated heterocycles. The molecule has 1 aliphatic rings. The summed E-state index contributed by atoms with van der Waals surface area (Å²) in [5.74, 6) is 2.55. The largest absolute Gasteiger partial charge is 0.323 e. The van der Waals surface area contributed by atoms with Gasteiger partial charge in [-0.25, -0.2) is 4.98 Å². The van der Waals surface area contributed by atoms with E-state index in [0.717, 1.165) is 17.3 Å². The van der Waals surface area contributed by atoms with Gasteiger partial charge >= 0.3 is 0 Å². The van der Waals surface area contributed by atoms with Crippen LogP contribution in [0.25, 0.3) is 11.0 Å². The summed E-state index contributed by atoms with van der Waals surface area (Å²) in [7, 11) is 0. The maximum atomic E-state index is 6.44. The van der Waals surface area contributed by atoms with Crippen LogP contribution in [0.2, 0.25) is 0 Å². The summed E-state index contributed by atoms with van der Waals surface area (Å²) in [4.78, 5) is 4.87. The van der Waals surface area contributed by atoms with Gasteiger partial charge in [0.05, 0.1) is 16.4 Å². The third-order valence-electron chi connectivity index (χ3n) is 5.02. The van der Waals surface area contributed by atoms with Crippen molar-refractivity contribution in [3.63, 3.8) is 0 Å². The van der Waals surface area contributed by atoms with Crippen LogP contribution in [0.5, 0.6) is 0 Å². The highest BCUT2D eigenvalue weighted by Crippen LogP contribution is 2.41. The van der Waals surface area contributed by atoms with Crippen LogP contribution in [0.1, 0.15) is 62.8 Å². The molecule has 0 aliphatic heterocycles. The number of rotatable bonds is 2. The number of halogens is 1. The van der Waals surface area contributed by atoms with E-state index < -0.39 is 0 Å². The fourth-order valence-electron chi connectivity index (χ4n) is 3.94. The molecule has 1 aromatic heterocycles. The summed E-state index contributed by atoms with van der Waals surface area (Å²) >= 11 is 6.44. The third kappa shape index (κ3) is 2.59. The number of imidazole rings is 1. The summed E-state index contributed by atoms with van der Waals surface area (Å²) in [6.45, 7) is 8.91. The van der Waals surface area contributed by atoms with Crippen LogP contribution >= 0.6 is 11.6 Å². The van der Waals surface area contributed by atoms with Crippen molar-refractivity contribution in [2.75, 3.05) is 0 Å². The minimum absolute atomic E-state index is 0.0525. The Hall–Kier alpha value is -1.02. The fourth-order valence-corrected chi connectivity index (χ4v) is 4.09. The van der Waals surface area contributed by atoms with E-state index in [-0.39, 0.29) is 5.38 Å². The molecule has 0 bridgehead atoms. The van der Waals surface area contributed by atoms with Gasteiger partial charge in [-0.05, 0) is 56.6 Å². The molecule has 0 radical (unpaired) electrons. The second-order valence-corrected chi connectivity index (χ2v) is 7.52. The lowest BCUT2D eigenvalue weighted by Crippen LogP contribution is -2.26. The number of aromatic nitrogens is 2. The topological polar surface area (TPSA) is 17.8 Å². The zero-order valence-corrected chi connectivity index (χ0v) is 14.2. The van der Waals surface area contributed by atoms with Gasteiger partial charge in [-0.15, -0.1) is 11.6 Å². The smallest absolute Gasteiger partial charge is 0.127 e. The van der Waals surface area contributed by atoms with E-state index >= 15 is 0 Å². The van der Waals surface area contributed by atoms with E-state index in [9.17, 15) is 0 Å². The Balaban J connectivity index is 2.16. The molecule has 2 nitrogen and oxygen atoms in total. The van der Waals surface area contributed by atoms with Crippen LogP contribution in [0.4, 0.5) is 0 Å². The average molecular weight is 305 g/mol.